The SMILES string of the molecule is CC(ON1C(C)(C)C[CH]CC1(C)C)c1ccccc1. The van der Waals surface area contributed by atoms with Crippen molar-refractivity contribution in [1.82, 2.24) is 5.06 Å². The number of rotatable bonds is 3. The average Bonchev–Trinajstić information content (AvgIpc) is 2.34. The van der Waals surface area contributed by atoms with Crippen LogP contribution in [0.5, 0.6) is 0 Å². The highest BCUT2D eigenvalue weighted by Crippen LogP contribution is 2.39. The molecule has 1 aliphatic heterocycles. The quantitative estimate of drug-likeness (QED) is 0.791. The molecule has 1 saturated heterocycles. The van der Waals surface area contributed by atoms with E-state index in [0.29, 0.717) is 0 Å². The van der Waals surface area contributed by atoms with E-state index in [1.54, 1.807) is 0 Å². The Morgan fingerprint density at radius 2 is 1.53 bits per heavy atom. The smallest absolute Gasteiger partial charge is 0.102 e. The van der Waals surface area contributed by atoms with Crippen LogP contribution in [0.2, 0.25) is 0 Å². The van der Waals surface area contributed by atoms with E-state index in [2.05, 4.69) is 70.4 Å². The fourth-order valence-electron chi connectivity index (χ4n) is 2.99. The van der Waals surface area contributed by atoms with Crippen LogP contribution in [-0.2, 0) is 4.84 Å². The molecular weight excluding hydrogens is 234 g/mol. The van der Waals surface area contributed by atoms with Crippen LogP contribution in [-0.4, -0.2) is 16.1 Å². The van der Waals surface area contributed by atoms with E-state index in [-0.39, 0.29) is 17.2 Å². The van der Waals surface area contributed by atoms with E-state index in [9.17, 15) is 0 Å². The molecule has 0 saturated carbocycles. The molecule has 2 heteroatoms. The summed E-state index contributed by atoms with van der Waals surface area (Å²) in [4.78, 5) is 6.32. The van der Waals surface area contributed by atoms with Crippen molar-refractivity contribution >= 4 is 0 Å². The summed E-state index contributed by atoms with van der Waals surface area (Å²) < 4.78 is 0. The molecule has 1 fully saturated rings. The minimum Gasteiger partial charge on any atom is -0.290 e. The average molecular weight is 260 g/mol. The maximum absolute atomic E-state index is 6.32. The molecule has 2 rings (SSSR count). The molecule has 0 aliphatic carbocycles. The molecule has 19 heavy (non-hydrogen) atoms. The molecular formula is C17H26NO. The van der Waals surface area contributed by atoms with Crippen molar-refractivity contribution in [2.75, 3.05) is 0 Å². The van der Waals surface area contributed by atoms with E-state index >= 15 is 0 Å². The number of hydrogen-bond acceptors (Lipinski definition) is 2. The first kappa shape index (κ1) is 14.5. The Labute approximate surface area is 117 Å². The highest BCUT2D eigenvalue weighted by Gasteiger charge is 2.43. The molecule has 1 aliphatic rings. The molecule has 1 aromatic carbocycles. The van der Waals surface area contributed by atoms with E-state index in [4.69, 9.17) is 4.84 Å². The zero-order valence-electron chi connectivity index (χ0n) is 12.8. The molecule has 1 atom stereocenters. The van der Waals surface area contributed by atoms with Crippen LogP contribution in [0.25, 0.3) is 0 Å². The molecule has 0 N–H and O–H groups in total. The zero-order valence-corrected chi connectivity index (χ0v) is 12.8. The zero-order chi connectivity index (χ0) is 14.1. The van der Waals surface area contributed by atoms with Crippen molar-refractivity contribution in [3.8, 4) is 0 Å². The van der Waals surface area contributed by atoms with E-state index in [1.807, 2.05) is 6.07 Å². The molecule has 0 spiro atoms. The van der Waals surface area contributed by atoms with Gasteiger partial charge in [0.1, 0.15) is 6.10 Å². The summed E-state index contributed by atoms with van der Waals surface area (Å²) in [6.45, 7) is 11.1. The minimum atomic E-state index is 0.0464. The van der Waals surface area contributed by atoms with Crippen molar-refractivity contribution in [1.29, 1.82) is 0 Å². The summed E-state index contributed by atoms with van der Waals surface area (Å²) in [5.74, 6) is 0. The fraction of sp³-hybridized carbons (Fsp3) is 0.588. The third-order valence-corrected chi connectivity index (χ3v) is 3.92. The Morgan fingerprint density at radius 3 is 2.05 bits per heavy atom. The van der Waals surface area contributed by atoms with Crippen LogP contribution in [0.4, 0.5) is 0 Å². The van der Waals surface area contributed by atoms with Gasteiger partial charge in [-0.1, -0.05) is 30.3 Å². The van der Waals surface area contributed by atoms with Crippen LogP contribution >= 0.6 is 0 Å². The number of piperidine rings is 1. The molecule has 0 amide bonds. The van der Waals surface area contributed by atoms with Gasteiger partial charge in [-0.25, -0.2) is 0 Å². The van der Waals surface area contributed by atoms with Crippen LogP contribution in [0.1, 0.15) is 59.1 Å². The maximum Gasteiger partial charge on any atom is 0.102 e. The monoisotopic (exact) mass is 260 g/mol. The third kappa shape index (κ3) is 3.18. The van der Waals surface area contributed by atoms with Gasteiger partial charge in [-0.2, -0.15) is 5.06 Å². The van der Waals surface area contributed by atoms with E-state index in [0.717, 1.165) is 12.8 Å². The Hall–Kier alpha value is -0.860. The lowest BCUT2D eigenvalue weighted by molar-refractivity contribution is -0.298. The topological polar surface area (TPSA) is 12.5 Å². The molecule has 1 unspecified atom stereocenters. The van der Waals surface area contributed by atoms with E-state index < -0.39 is 0 Å². The summed E-state index contributed by atoms with van der Waals surface area (Å²) in [7, 11) is 0. The number of nitrogens with zero attached hydrogens (tertiary/aromatic N) is 1. The minimum absolute atomic E-state index is 0.0464. The predicted molar refractivity (Wildman–Crippen MR) is 79.5 cm³/mol. The van der Waals surface area contributed by atoms with Gasteiger partial charge in [0, 0.05) is 11.1 Å². The number of hydrogen-bond donors (Lipinski definition) is 0. The molecule has 1 aromatic rings. The molecule has 0 aromatic heterocycles. The van der Waals surface area contributed by atoms with E-state index in [1.165, 1.54) is 5.56 Å². The normalized spacial score (nSPS) is 24.1. The first-order valence-corrected chi connectivity index (χ1v) is 7.17. The van der Waals surface area contributed by atoms with Crippen molar-refractivity contribution < 1.29 is 4.84 Å². The first-order valence-electron chi connectivity index (χ1n) is 7.17. The largest absolute Gasteiger partial charge is 0.290 e. The highest BCUT2D eigenvalue weighted by atomic mass is 16.7. The maximum atomic E-state index is 6.32. The fourth-order valence-corrected chi connectivity index (χ4v) is 2.99. The molecule has 0 bridgehead atoms. The summed E-state index contributed by atoms with van der Waals surface area (Å²) in [6.07, 6.45) is 4.60. The van der Waals surface area contributed by atoms with Crippen molar-refractivity contribution in [2.24, 2.45) is 0 Å². The van der Waals surface area contributed by atoms with Gasteiger partial charge in [-0.05, 0) is 59.4 Å². The summed E-state index contributed by atoms with van der Waals surface area (Å²) >= 11 is 0. The van der Waals surface area contributed by atoms with Crippen LogP contribution in [0.3, 0.4) is 0 Å². The second-order valence-electron chi connectivity index (χ2n) is 6.77. The predicted octanol–water partition coefficient (Wildman–Crippen LogP) is 4.54. The Morgan fingerprint density at radius 1 is 1.00 bits per heavy atom. The Balaban J connectivity index is 2.15. The number of hydroxylamine groups is 2. The van der Waals surface area contributed by atoms with Gasteiger partial charge in [-0.15, -0.1) is 0 Å². The van der Waals surface area contributed by atoms with Crippen LogP contribution in [0.15, 0.2) is 30.3 Å². The molecule has 1 heterocycles. The van der Waals surface area contributed by atoms with Gasteiger partial charge in [0.25, 0.3) is 0 Å². The summed E-state index contributed by atoms with van der Waals surface area (Å²) in [5, 5.41) is 2.21. The molecule has 105 valence electrons. The second kappa shape index (κ2) is 5.26. The molecule has 1 radical (unpaired) electrons. The van der Waals surface area contributed by atoms with Gasteiger partial charge >= 0.3 is 0 Å². The third-order valence-electron chi connectivity index (χ3n) is 3.92. The van der Waals surface area contributed by atoms with Gasteiger partial charge < -0.3 is 0 Å². The second-order valence-corrected chi connectivity index (χ2v) is 6.77. The van der Waals surface area contributed by atoms with Gasteiger partial charge in [0.2, 0.25) is 0 Å². The summed E-state index contributed by atoms with van der Waals surface area (Å²) in [6, 6.07) is 10.4. The highest BCUT2D eigenvalue weighted by molar-refractivity contribution is 5.17. The van der Waals surface area contributed by atoms with Gasteiger partial charge in [0.05, 0.1) is 0 Å². The standard InChI is InChI=1S/C17H26NO/c1-14(15-10-7-6-8-11-15)19-18-16(2,3)12-9-13-17(18,4)5/h6-11,14H,12-13H2,1-5H3. The van der Waals surface area contributed by atoms with Crippen molar-refractivity contribution in [3.63, 3.8) is 0 Å². The van der Waals surface area contributed by atoms with Gasteiger partial charge in [-0.3, -0.25) is 4.84 Å². The summed E-state index contributed by atoms with van der Waals surface area (Å²) in [5.41, 5.74) is 1.32. The Bertz CT molecular complexity index is 395. The van der Waals surface area contributed by atoms with Crippen molar-refractivity contribution in [2.45, 2.75) is 64.6 Å². The Kier molecular flexibility index (Phi) is 4.03. The number of benzene rings is 1. The van der Waals surface area contributed by atoms with Gasteiger partial charge in [0.15, 0.2) is 0 Å². The molecule has 2 nitrogen and oxygen atoms in total. The van der Waals surface area contributed by atoms with Crippen molar-refractivity contribution in [3.05, 3.63) is 42.3 Å². The lowest BCUT2D eigenvalue weighted by Crippen LogP contribution is -2.58. The van der Waals surface area contributed by atoms with Crippen LogP contribution in [0, 0.1) is 6.42 Å². The lowest BCUT2D eigenvalue weighted by Gasteiger charge is -2.52. The first-order chi connectivity index (χ1) is 8.83. The lowest BCUT2D eigenvalue weighted by atomic mass is 9.82. The van der Waals surface area contributed by atoms with Crippen LogP contribution < -0.4 is 0 Å².